The normalized spacial score (nSPS) is 15.8. The van der Waals surface area contributed by atoms with Gasteiger partial charge in [-0.15, -0.1) is 0 Å². The van der Waals surface area contributed by atoms with E-state index in [4.69, 9.17) is 0 Å². The lowest BCUT2D eigenvalue weighted by atomic mass is 10.0. The Labute approximate surface area is 191 Å². The van der Waals surface area contributed by atoms with Gasteiger partial charge in [-0.1, -0.05) is 30.3 Å². The summed E-state index contributed by atoms with van der Waals surface area (Å²) in [5, 5.41) is 0.978. The number of hydrogen-bond acceptors (Lipinski definition) is 4. The van der Waals surface area contributed by atoms with Crippen molar-refractivity contribution >= 4 is 33.4 Å². The number of rotatable bonds is 5. The van der Waals surface area contributed by atoms with Crippen molar-refractivity contribution in [2.75, 3.05) is 42.8 Å². The Balaban J connectivity index is 1.48. The third kappa shape index (κ3) is 4.01. The highest BCUT2D eigenvalue weighted by atomic mass is 32.2. The smallest absolute Gasteiger partial charge is 0.150 e. The molecule has 0 spiro atoms. The van der Waals surface area contributed by atoms with Gasteiger partial charge in [0, 0.05) is 56.9 Å². The summed E-state index contributed by atoms with van der Waals surface area (Å²) in [4.78, 5) is 10.1. The monoisotopic (exact) mass is 445 g/mol. The van der Waals surface area contributed by atoms with E-state index in [1.807, 2.05) is 48.0 Å². The van der Waals surface area contributed by atoms with Gasteiger partial charge in [-0.3, -0.25) is 0 Å². The molecule has 0 amide bonds. The molecule has 164 valence electrons. The number of piperazine rings is 1. The fraction of sp³-hybridized carbons (Fsp3) is 0.240. The predicted octanol–water partition coefficient (Wildman–Crippen LogP) is 4.13. The molecule has 2 aromatic carbocycles. The summed E-state index contributed by atoms with van der Waals surface area (Å²) in [5.74, 6) is 0. The van der Waals surface area contributed by atoms with Crippen LogP contribution in [0.2, 0.25) is 0 Å². The topological polar surface area (TPSA) is 53.4 Å². The van der Waals surface area contributed by atoms with Crippen LogP contribution in [0.4, 0.5) is 11.4 Å². The number of nitrogens with one attached hydrogen (secondary N) is 1. The Bertz CT molecular complexity index is 1240. The molecule has 3 heterocycles. The molecule has 5 rings (SSSR count). The standard InChI is InChI=1S/C25H27N5OS/c1-28-14-16-30(17-15-28)20-10-8-19(9-11-20)22-18-29(2)25-24(22)23(12-13-26-25)27-32(31)21-6-4-3-5-7-21/h3-13,18H,14-17H2,1-2H3,(H,26,27). The number of pyridine rings is 1. The largest absolute Gasteiger partial charge is 0.369 e. The van der Waals surface area contributed by atoms with E-state index in [-0.39, 0.29) is 0 Å². The Morgan fingerprint density at radius 3 is 2.34 bits per heavy atom. The Kier molecular flexibility index (Phi) is 5.68. The van der Waals surface area contributed by atoms with Gasteiger partial charge >= 0.3 is 0 Å². The van der Waals surface area contributed by atoms with E-state index in [1.165, 1.54) is 5.69 Å². The number of aromatic nitrogens is 2. The summed E-state index contributed by atoms with van der Waals surface area (Å²) < 4.78 is 18.1. The van der Waals surface area contributed by atoms with Gasteiger partial charge in [0.25, 0.3) is 0 Å². The van der Waals surface area contributed by atoms with Crippen molar-refractivity contribution in [2.24, 2.45) is 7.05 Å². The second kappa shape index (κ2) is 8.76. The fourth-order valence-electron chi connectivity index (χ4n) is 4.23. The minimum Gasteiger partial charge on any atom is -0.369 e. The first-order valence-electron chi connectivity index (χ1n) is 10.8. The summed E-state index contributed by atoms with van der Waals surface area (Å²) in [7, 11) is 2.81. The lowest BCUT2D eigenvalue weighted by molar-refractivity contribution is 0.313. The van der Waals surface area contributed by atoms with Crippen molar-refractivity contribution in [1.82, 2.24) is 14.5 Å². The number of fused-ring (bicyclic) bond motifs is 1. The zero-order chi connectivity index (χ0) is 22.1. The van der Waals surface area contributed by atoms with Gasteiger partial charge in [0.15, 0.2) is 0 Å². The van der Waals surface area contributed by atoms with Gasteiger partial charge in [-0.2, -0.15) is 0 Å². The predicted molar refractivity (Wildman–Crippen MR) is 132 cm³/mol. The molecule has 4 aromatic rings. The van der Waals surface area contributed by atoms with Crippen LogP contribution in [0.25, 0.3) is 22.2 Å². The maximum atomic E-state index is 12.9. The SMILES string of the molecule is CN1CCN(c2ccc(-c3cn(C)c4nccc(NS(=O)c5ccccc5)c34)cc2)CC1. The van der Waals surface area contributed by atoms with Crippen LogP contribution in [0, 0.1) is 0 Å². The zero-order valence-corrected chi connectivity index (χ0v) is 19.2. The van der Waals surface area contributed by atoms with Gasteiger partial charge in [0.1, 0.15) is 16.6 Å². The van der Waals surface area contributed by atoms with Crippen LogP contribution in [0.5, 0.6) is 0 Å². The summed E-state index contributed by atoms with van der Waals surface area (Å²) >= 11 is 0. The number of likely N-dealkylation sites (N-methyl/N-ethyl adjacent to an activating group) is 1. The van der Waals surface area contributed by atoms with E-state index >= 15 is 0 Å². The molecule has 7 heteroatoms. The second-order valence-corrected chi connectivity index (χ2v) is 9.44. The molecule has 2 aromatic heterocycles. The summed E-state index contributed by atoms with van der Waals surface area (Å²) in [5.41, 5.74) is 5.13. The molecule has 1 unspecified atom stereocenters. The van der Waals surface area contributed by atoms with E-state index in [0.29, 0.717) is 0 Å². The molecule has 32 heavy (non-hydrogen) atoms. The van der Waals surface area contributed by atoms with Crippen molar-refractivity contribution < 1.29 is 4.21 Å². The average molecular weight is 446 g/mol. The lowest BCUT2D eigenvalue weighted by Gasteiger charge is -2.34. The van der Waals surface area contributed by atoms with Crippen LogP contribution in [-0.4, -0.2) is 51.9 Å². The Morgan fingerprint density at radius 2 is 1.62 bits per heavy atom. The van der Waals surface area contributed by atoms with E-state index in [1.54, 1.807) is 6.20 Å². The molecule has 0 bridgehead atoms. The third-order valence-electron chi connectivity index (χ3n) is 6.06. The molecule has 0 aliphatic carbocycles. The van der Waals surface area contributed by atoms with E-state index < -0.39 is 11.0 Å². The van der Waals surface area contributed by atoms with Crippen molar-refractivity contribution in [3.05, 3.63) is 73.1 Å². The first kappa shape index (κ1) is 20.7. The third-order valence-corrected chi connectivity index (χ3v) is 7.17. The van der Waals surface area contributed by atoms with Crippen LogP contribution in [0.1, 0.15) is 0 Å². The molecule has 1 N–H and O–H groups in total. The molecule has 1 fully saturated rings. The molecule has 0 radical (unpaired) electrons. The van der Waals surface area contributed by atoms with Crippen LogP contribution >= 0.6 is 0 Å². The van der Waals surface area contributed by atoms with Crippen molar-refractivity contribution in [3.63, 3.8) is 0 Å². The maximum Gasteiger partial charge on any atom is 0.150 e. The molecule has 1 aliphatic rings. The molecular formula is C25H27N5OS. The van der Waals surface area contributed by atoms with Crippen LogP contribution < -0.4 is 9.62 Å². The molecule has 0 saturated carbocycles. The van der Waals surface area contributed by atoms with Gasteiger partial charge < -0.3 is 19.1 Å². The van der Waals surface area contributed by atoms with Gasteiger partial charge in [0.05, 0.1) is 16.0 Å². The van der Waals surface area contributed by atoms with Crippen LogP contribution in [0.3, 0.4) is 0 Å². The van der Waals surface area contributed by atoms with Crippen molar-refractivity contribution in [2.45, 2.75) is 4.90 Å². The fourth-order valence-corrected chi connectivity index (χ4v) is 5.12. The van der Waals surface area contributed by atoms with Gasteiger partial charge in [-0.05, 0) is 42.9 Å². The summed E-state index contributed by atoms with van der Waals surface area (Å²) in [6.07, 6.45) is 3.85. The number of benzene rings is 2. The summed E-state index contributed by atoms with van der Waals surface area (Å²) in [6.45, 7) is 4.27. The average Bonchev–Trinajstić information content (AvgIpc) is 3.18. The van der Waals surface area contributed by atoms with E-state index in [0.717, 1.165) is 58.9 Å². The molecule has 6 nitrogen and oxygen atoms in total. The number of anilines is 2. The first-order valence-corrected chi connectivity index (χ1v) is 12.0. The van der Waals surface area contributed by atoms with Crippen LogP contribution in [0.15, 0.2) is 78.0 Å². The molecule has 1 aliphatic heterocycles. The van der Waals surface area contributed by atoms with Gasteiger partial charge in [0.2, 0.25) is 0 Å². The Hall–Kier alpha value is -3.16. The van der Waals surface area contributed by atoms with Crippen molar-refractivity contribution in [1.29, 1.82) is 0 Å². The van der Waals surface area contributed by atoms with E-state index in [9.17, 15) is 4.21 Å². The number of aryl methyl sites for hydroxylation is 1. The minimum absolute atomic E-state index is 0.742. The molecule has 1 atom stereocenters. The molecule has 1 saturated heterocycles. The highest BCUT2D eigenvalue weighted by molar-refractivity contribution is 7.86. The Morgan fingerprint density at radius 1 is 0.906 bits per heavy atom. The number of nitrogens with zero attached hydrogens (tertiary/aromatic N) is 4. The van der Waals surface area contributed by atoms with E-state index in [2.05, 4.69) is 57.0 Å². The highest BCUT2D eigenvalue weighted by Gasteiger charge is 2.17. The second-order valence-electron chi connectivity index (χ2n) is 8.23. The quantitative estimate of drug-likeness (QED) is 0.502. The van der Waals surface area contributed by atoms with Gasteiger partial charge in [-0.25, -0.2) is 9.19 Å². The molecular weight excluding hydrogens is 418 g/mol. The van der Waals surface area contributed by atoms with Crippen LogP contribution in [-0.2, 0) is 18.0 Å². The maximum absolute atomic E-state index is 12.9. The summed E-state index contributed by atoms with van der Waals surface area (Å²) in [6, 6.07) is 20.1. The zero-order valence-electron chi connectivity index (χ0n) is 18.4. The minimum atomic E-state index is -1.35. The first-order chi connectivity index (χ1) is 15.6. The number of hydrogen-bond donors (Lipinski definition) is 1. The highest BCUT2D eigenvalue weighted by Crippen LogP contribution is 2.35. The van der Waals surface area contributed by atoms with Crippen molar-refractivity contribution in [3.8, 4) is 11.1 Å². The lowest BCUT2D eigenvalue weighted by Crippen LogP contribution is -2.44.